The van der Waals surface area contributed by atoms with Crippen molar-refractivity contribution in [1.29, 1.82) is 0 Å². The van der Waals surface area contributed by atoms with Crippen molar-refractivity contribution in [3.63, 3.8) is 0 Å². The summed E-state index contributed by atoms with van der Waals surface area (Å²) in [4.78, 5) is 27.3. The summed E-state index contributed by atoms with van der Waals surface area (Å²) in [5.74, 6) is -0.0134. The number of hydrogen-bond acceptors (Lipinski definition) is 6. The van der Waals surface area contributed by atoms with Crippen molar-refractivity contribution in [2.75, 3.05) is 37.6 Å². The van der Waals surface area contributed by atoms with Gasteiger partial charge in [-0.3, -0.25) is 19.8 Å². The van der Waals surface area contributed by atoms with Crippen LogP contribution in [0.25, 0.3) is 0 Å². The van der Waals surface area contributed by atoms with E-state index in [1.807, 2.05) is 12.1 Å². The third kappa shape index (κ3) is 4.24. The van der Waals surface area contributed by atoms with E-state index in [9.17, 15) is 14.9 Å². The number of nitrogens with zero attached hydrogens (tertiary/aromatic N) is 3. The molecule has 7 nitrogen and oxygen atoms in total. The molecule has 27 heavy (non-hydrogen) atoms. The molecule has 0 radical (unpaired) electrons. The fraction of sp³-hybridized carbons (Fsp3) is 0.650. The maximum absolute atomic E-state index is 12.2. The highest BCUT2D eigenvalue weighted by molar-refractivity contribution is 5.78. The van der Waals surface area contributed by atoms with E-state index >= 15 is 0 Å². The van der Waals surface area contributed by atoms with Gasteiger partial charge in [0.15, 0.2) is 0 Å². The lowest BCUT2D eigenvalue weighted by molar-refractivity contribution is -0.384. The SMILES string of the molecule is CCC1(CC)C[C@@H](CCN2CCN(c3ccc([N+](=O)[O-])cc3)CC2)OC1=O. The lowest BCUT2D eigenvalue weighted by Gasteiger charge is -2.36. The molecule has 0 unspecified atom stereocenters. The van der Waals surface area contributed by atoms with Crippen LogP contribution < -0.4 is 4.90 Å². The van der Waals surface area contributed by atoms with Gasteiger partial charge in [0, 0.05) is 57.0 Å². The van der Waals surface area contributed by atoms with Crippen molar-refractivity contribution in [1.82, 2.24) is 4.90 Å². The number of nitro groups is 1. The number of carbonyl (C=O) groups is 1. The number of anilines is 1. The number of carbonyl (C=O) groups excluding carboxylic acids is 1. The minimum atomic E-state index is -0.372. The Morgan fingerprint density at radius 3 is 2.30 bits per heavy atom. The highest BCUT2D eigenvalue weighted by Crippen LogP contribution is 2.41. The first-order chi connectivity index (χ1) is 13.0. The Kier molecular flexibility index (Phi) is 5.99. The Hall–Kier alpha value is -2.15. The molecule has 3 rings (SSSR count). The van der Waals surface area contributed by atoms with E-state index in [0.29, 0.717) is 0 Å². The van der Waals surface area contributed by atoms with Gasteiger partial charge in [-0.2, -0.15) is 0 Å². The van der Waals surface area contributed by atoms with Crippen LogP contribution in [0.5, 0.6) is 0 Å². The van der Waals surface area contributed by atoms with E-state index in [4.69, 9.17) is 4.74 Å². The third-order valence-electron chi connectivity index (χ3n) is 6.24. The van der Waals surface area contributed by atoms with Gasteiger partial charge in [0.05, 0.1) is 10.3 Å². The molecule has 0 amide bonds. The van der Waals surface area contributed by atoms with Gasteiger partial charge in [-0.15, -0.1) is 0 Å². The maximum atomic E-state index is 12.2. The van der Waals surface area contributed by atoms with Gasteiger partial charge < -0.3 is 9.64 Å². The molecule has 2 saturated heterocycles. The zero-order chi connectivity index (χ0) is 19.4. The summed E-state index contributed by atoms with van der Waals surface area (Å²) < 4.78 is 5.64. The first-order valence-electron chi connectivity index (χ1n) is 9.90. The summed E-state index contributed by atoms with van der Waals surface area (Å²) in [6.07, 6.45) is 3.50. The predicted molar refractivity (Wildman–Crippen MR) is 104 cm³/mol. The summed E-state index contributed by atoms with van der Waals surface area (Å²) in [6.45, 7) is 8.78. The number of nitro benzene ring substituents is 1. The number of hydrogen-bond donors (Lipinski definition) is 0. The zero-order valence-corrected chi connectivity index (χ0v) is 16.2. The molecule has 148 valence electrons. The summed E-state index contributed by atoms with van der Waals surface area (Å²) in [5.41, 5.74) is 0.888. The van der Waals surface area contributed by atoms with E-state index in [-0.39, 0.29) is 28.1 Å². The highest BCUT2D eigenvalue weighted by Gasteiger charge is 2.46. The second-order valence-electron chi connectivity index (χ2n) is 7.61. The van der Waals surface area contributed by atoms with Crippen LogP contribution in [-0.4, -0.2) is 54.6 Å². The smallest absolute Gasteiger partial charge is 0.312 e. The van der Waals surface area contributed by atoms with Crippen molar-refractivity contribution >= 4 is 17.3 Å². The summed E-state index contributed by atoms with van der Waals surface area (Å²) in [7, 11) is 0. The van der Waals surface area contributed by atoms with Crippen molar-refractivity contribution in [3.05, 3.63) is 34.4 Å². The Morgan fingerprint density at radius 1 is 1.15 bits per heavy atom. The van der Waals surface area contributed by atoms with Gasteiger partial charge in [0.1, 0.15) is 6.10 Å². The minimum absolute atomic E-state index is 0.0134. The molecule has 7 heteroatoms. The minimum Gasteiger partial charge on any atom is -0.462 e. The average molecular weight is 375 g/mol. The summed E-state index contributed by atoms with van der Waals surface area (Å²) >= 11 is 0. The van der Waals surface area contributed by atoms with Gasteiger partial charge in [-0.25, -0.2) is 0 Å². The first-order valence-corrected chi connectivity index (χ1v) is 9.90. The van der Waals surface area contributed by atoms with Crippen molar-refractivity contribution < 1.29 is 14.5 Å². The van der Waals surface area contributed by atoms with E-state index in [0.717, 1.165) is 64.1 Å². The lowest BCUT2D eigenvalue weighted by atomic mass is 9.79. The van der Waals surface area contributed by atoms with Crippen molar-refractivity contribution in [3.8, 4) is 0 Å². The Morgan fingerprint density at radius 2 is 1.78 bits per heavy atom. The van der Waals surface area contributed by atoms with Crippen LogP contribution >= 0.6 is 0 Å². The summed E-state index contributed by atoms with van der Waals surface area (Å²) in [6, 6.07) is 6.76. The molecule has 0 spiro atoms. The second kappa shape index (κ2) is 8.25. The van der Waals surface area contributed by atoms with Crippen molar-refractivity contribution in [2.45, 2.75) is 45.6 Å². The van der Waals surface area contributed by atoms with Gasteiger partial charge >= 0.3 is 5.97 Å². The van der Waals surface area contributed by atoms with Gasteiger partial charge in [0.25, 0.3) is 5.69 Å². The van der Waals surface area contributed by atoms with Crippen LogP contribution in [0.15, 0.2) is 24.3 Å². The Labute approximate surface area is 160 Å². The number of non-ortho nitro benzene ring substituents is 1. The van der Waals surface area contributed by atoms with Gasteiger partial charge in [-0.05, 0) is 31.4 Å². The number of piperazine rings is 1. The van der Waals surface area contributed by atoms with Gasteiger partial charge in [-0.1, -0.05) is 13.8 Å². The molecule has 1 atom stereocenters. The fourth-order valence-corrected chi connectivity index (χ4v) is 4.17. The molecular weight excluding hydrogens is 346 g/mol. The second-order valence-corrected chi connectivity index (χ2v) is 7.61. The largest absolute Gasteiger partial charge is 0.462 e. The van der Waals surface area contributed by atoms with Crippen LogP contribution in [0.4, 0.5) is 11.4 Å². The number of rotatable bonds is 7. The fourth-order valence-electron chi connectivity index (χ4n) is 4.17. The lowest BCUT2D eigenvalue weighted by Crippen LogP contribution is -2.47. The molecular formula is C20H29N3O4. The van der Waals surface area contributed by atoms with E-state index in [1.165, 1.54) is 0 Å². The van der Waals surface area contributed by atoms with E-state index < -0.39 is 0 Å². The molecule has 0 bridgehead atoms. The standard InChI is InChI=1S/C20H29N3O4/c1-3-20(4-2)15-18(27-19(20)24)9-10-21-11-13-22(14-12-21)16-5-7-17(8-6-16)23(25)26/h5-8,18H,3-4,9-15H2,1-2H3/t18-/m1/s1. The normalized spacial score (nSPS) is 22.7. The van der Waals surface area contributed by atoms with Crippen LogP contribution in [0.1, 0.15) is 39.5 Å². The van der Waals surface area contributed by atoms with E-state index in [1.54, 1.807) is 12.1 Å². The molecule has 0 saturated carbocycles. The molecule has 0 aliphatic carbocycles. The number of benzene rings is 1. The predicted octanol–water partition coefficient (Wildman–Crippen LogP) is 3.23. The Bertz CT molecular complexity index is 664. The molecule has 2 heterocycles. The monoisotopic (exact) mass is 375 g/mol. The molecule has 1 aromatic rings. The molecule has 2 aliphatic heterocycles. The highest BCUT2D eigenvalue weighted by atomic mass is 16.6. The third-order valence-corrected chi connectivity index (χ3v) is 6.24. The van der Waals surface area contributed by atoms with Crippen LogP contribution in [0, 0.1) is 15.5 Å². The maximum Gasteiger partial charge on any atom is 0.312 e. The van der Waals surface area contributed by atoms with Crippen molar-refractivity contribution in [2.24, 2.45) is 5.41 Å². The Balaban J connectivity index is 1.45. The first kappa shape index (κ1) is 19.6. The molecule has 1 aromatic carbocycles. The quantitative estimate of drug-likeness (QED) is 0.414. The molecule has 2 fully saturated rings. The van der Waals surface area contributed by atoms with Gasteiger partial charge in [0.2, 0.25) is 0 Å². The topological polar surface area (TPSA) is 75.9 Å². The number of ether oxygens (including phenoxy) is 1. The van der Waals surface area contributed by atoms with Crippen LogP contribution in [0.2, 0.25) is 0 Å². The van der Waals surface area contributed by atoms with Crippen LogP contribution in [0.3, 0.4) is 0 Å². The molecule has 0 N–H and O–H groups in total. The number of cyclic esters (lactones) is 1. The van der Waals surface area contributed by atoms with Crippen LogP contribution in [-0.2, 0) is 9.53 Å². The molecule has 0 aromatic heterocycles. The average Bonchev–Trinajstić information content (AvgIpc) is 3.03. The van der Waals surface area contributed by atoms with E-state index in [2.05, 4.69) is 23.6 Å². The zero-order valence-electron chi connectivity index (χ0n) is 16.2. The number of esters is 1. The summed E-state index contributed by atoms with van der Waals surface area (Å²) in [5, 5.41) is 10.8. The molecule has 2 aliphatic rings.